The Bertz CT molecular complexity index is 646. The number of anilines is 1. The summed E-state index contributed by atoms with van der Waals surface area (Å²) in [6.45, 7) is 0. The maximum absolute atomic E-state index is 12.4. The van der Waals surface area contributed by atoms with Gasteiger partial charge >= 0.3 is 0 Å². The van der Waals surface area contributed by atoms with E-state index in [2.05, 4.69) is 33.4 Å². The summed E-state index contributed by atoms with van der Waals surface area (Å²) in [6, 6.07) is 13.6. The van der Waals surface area contributed by atoms with E-state index in [1.807, 2.05) is 18.2 Å². The van der Waals surface area contributed by atoms with Crippen molar-refractivity contribution < 1.29 is 4.79 Å². The van der Waals surface area contributed by atoms with Gasteiger partial charge in [0.15, 0.2) is 0 Å². The van der Waals surface area contributed by atoms with E-state index in [1.165, 1.54) is 11.1 Å². The number of hydrogen-bond donors (Lipinski definition) is 1. The lowest BCUT2D eigenvalue weighted by atomic mass is 10.1. The highest BCUT2D eigenvalue weighted by molar-refractivity contribution is 9.10. The van der Waals surface area contributed by atoms with E-state index in [0.717, 1.165) is 23.0 Å². The van der Waals surface area contributed by atoms with Crippen molar-refractivity contribution in [3.05, 3.63) is 63.1 Å². The number of halogens is 2. The summed E-state index contributed by atoms with van der Waals surface area (Å²) in [5.74, 6) is 0.0439. The molecule has 0 aliphatic heterocycles. The number of amides is 1. The molecule has 20 heavy (non-hydrogen) atoms. The summed E-state index contributed by atoms with van der Waals surface area (Å²) in [7, 11) is 0. The third-order valence-electron chi connectivity index (χ3n) is 3.61. The Balaban J connectivity index is 1.74. The van der Waals surface area contributed by atoms with Crippen molar-refractivity contribution in [2.75, 3.05) is 5.32 Å². The largest absolute Gasteiger partial charge is 0.325 e. The highest BCUT2D eigenvalue weighted by atomic mass is 79.9. The molecule has 0 bridgehead atoms. The quantitative estimate of drug-likeness (QED) is 0.851. The van der Waals surface area contributed by atoms with Crippen molar-refractivity contribution in [1.29, 1.82) is 0 Å². The molecule has 4 heteroatoms. The lowest BCUT2D eigenvalue weighted by Crippen LogP contribution is -2.23. The first-order valence-corrected chi connectivity index (χ1v) is 7.63. The topological polar surface area (TPSA) is 29.1 Å². The molecule has 0 aromatic heterocycles. The molecule has 1 aliphatic rings. The van der Waals surface area contributed by atoms with Crippen molar-refractivity contribution in [2.45, 2.75) is 12.8 Å². The molecule has 1 N–H and O–H groups in total. The molecule has 0 atom stereocenters. The molecule has 1 aliphatic carbocycles. The second-order valence-corrected chi connectivity index (χ2v) is 6.28. The van der Waals surface area contributed by atoms with E-state index in [4.69, 9.17) is 11.6 Å². The number of benzene rings is 2. The van der Waals surface area contributed by atoms with Gasteiger partial charge in [-0.2, -0.15) is 0 Å². The molecule has 0 fully saturated rings. The fraction of sp³-hybridized carbons (Fsp3) is 0.188. The van der Waals surface area contributed by atoms with Crippen LogP contribution in [0.1, 0.15) is 11.1 Å². The Morgan fingerprint density at radius 1 is 1.15 bits per heavy atom. The number of hydrogen-bond acceptors (Lipinski definition) is 1. The van der Waals surface area contributed by atoms with Gasteiger partial charge in [0.25, 0.3) is 0 Å². The maximum atomic E-state index is 12.4. The Labute approximate surface area is 131 Å². The van der Waals surface area contributed by atoms with Crippen LogP contribution in [0.2, 0.25) is 5.02 Å². The van der Waals surface area contributed by atoms with Gasteiger partial charge in [-0.05, 0) is 58.1 Å². The van der Waals surface area contributed by atoms with Gasteiger partial charge in [-0.3, -0.25) is 4.79 Å². The Morgan fingerprint density at radius 2 is 1.80 bits per heavy atom. The smallest absolute Gasteiger partial charge is 0.228 e. The summed E-state index contributed by atoms with van der Waals surface area (Å²) in [6.07, 6.45) is 1.61. The normalized spacial score (nSPS) is 14.1. The summed E-state index contributed by atoms with van der Waals surface area (Å²) in [5, 5.41) is 3.57. The van der Waals surface area contributed by atoms with E-state index in [9.17, 15) is 4.79 Å². The monoisotopic (exact) mass is 349 g/mol. The molecular formula is C16H13BrClNO. The lowest BCUT2D eigenvalue weighted by molar-refractivity contribution is -0.119. The first-order valence-electron chi connectivity index (χ1n) is 6.46. The molecule has 0 heterocycles. The molecule has 0 spiro atoms. The number of rotatable bonds is 2. The SMILES string of the molecule is O=C(Nc1cc(Cl)ccc1Br)C1Cc2ccccc2C1. The average Bonchev–Trinajstić information content (AvgIpc) is 2.87. The molecule has 2 nitrogen and oxygen atoms in total. The molecule has 2 aromatic rings. The Morgan fingerprint density at radius 3 is 2.45 bits per heavy atom. The van der Waals surface area contributed by atoms with Gasteiger partial charge in [0.2, 0.25) is 5.91 Å². The molecule has 0 unspecified atom stereocenters. The maximum Gasteiger partial charge on any atom is 0.228 e. The molecule has 0 saturated heterocycles. The van der Waals surface area contributed by atoms with Crippen LogP contribution in [0.3, 0.4) is 0 Å². The Kier molecular flexibility index (Phi) is 3.81. The first kappa shape index (κ1) is 13.7. The van der Waals surface area contributed by atoms with Crippen LogP contribution in [0.15, 0.2) is 46.9 Å². The van der Waals surface area contributed by atoms with Crippen molar-refractivity contribution in [1.82, 2.24) is 0 Å². The number of nitrogens with one attached hydrogen (secondary N) is 1. The molecular weight excluding hydrogens is 338 g/mol. The van der Waals surface area contributed by atoms with Crippen LogP contribution in [0.4, 0.5) is 5.69 Å². The second-order valence-electron chi connectivity index (χ2n) is 4.99. The van der Waals surface area contributed by atoms with Crippen molar-refractivity contribution in [2.24, 2.45) is 5.92 Å². The zero-order chi connectivity index (χ0) is 14.1. The van der Waals surface area contributed by atoms with Gasteiger partial charge in [-0.25, -0.2) is 0 Å². The van der Waals surface area contributed by atoms with Crippen LogP contribution < -0.4 is 5.32 Å². The minimum Gasteiger partial charge on any atom is -0.325 e. The zero-order valence-electron chi connectivity index (χ0n) is 10.7. The van der Waals surface area contributed by atoms with E-state index in [0.29, 0.717) is 5.02 Å². The van der Waals surface area contributed by atoms with Gasteiger partial charge in [-0.1, -0.05) is 35.9 Å². The molecule has 0 saturated carbocycles. The fourth-order valence-electron chi connectivity index (χ4n) is 2.57. The first-order chi connectivity index (χ1) is 9.63. The predicted octanol–water partition coefficient (Wildman–Crippen LogP) is 4.46. The van der Waals surface area contributed by atoms with Gasteiger partial charge in [0.1, 0.15) is 0 Å². The summed E-state index contributed by atoms with van der Waals surface area (Å²) in [4.78, 5) is 12.4. The number of carbonyl (C=O) groups excluding carboxylic acids is 1. The van der Waals surface area contributed by atoms with Crippen molar-refractivity contribution >= 4 is 39.1 Å². The van der Waals surface area contributed by atoms with E-state index in [-0.39, 0.29) is 11.8 Å². The third-order valence-corrected chi connectivity index (χ3v) is 4.53. The van der Waals surface area contributed by atoms with Gasteiger partial charge < -0.3 is 5.32 Å². The zero-order valence-corrected chi connectivity index (χ0v) is 13.0. The standard InChI is InChI=1S/C16H13BrClNO/c17-14-6-5-13(18)9-15(14)19-16(20)12-7-10-3-1-2-4-11(10)8-12/h1-6,9,12H,7-8H2,(H,19,20). The molecule has 2 aromatic carbocycles. The molecule has 0 radical (unpaired) electrons. The van der Waals surface area contributed by atoms with Crippen LogP contribution in [0, 0.1) is 5.92 Å². The van der Waals surface area contributed by atoms with Crippen LogP contribution in [0.25, 0.3) is 0 Å². The summed E-state index contributed by atoms with van der Waals surface area (Å²) in [5.41, 5.74) is 3.27. The van der Waals surface area contributed by atoms with Crippen LogP contribution >= 0.6 is 27.5 Å². The van der Waals surface area contributed by atoms with Crippen LogP contribution in [0.5, 0.6) is 0 Å². The Hall–Kier alpha value is -1.32. The minimum atomic E-state index is -0.00159. The third kappa shape index (κ3) is 2.74. The van der Waals surface area contributed by atoms with Gasteiger partial charge in [-0.15, -0.1) is 0 Å². The number of carbonyl (C=O) groups is 1. The number of fused-ring (bicyclic) bond motifs is 1. The highest BCUT2D eigenvalue weighted by Gasteiger charge is 2.27. The van der Waals surface area contributed by atoms with Crippen molar-refractivity contribution in [3.8, 4) is 0 Å². The van der Waals surface area contributed by atoms with Gasteiger partial charge in [0, 0.05) is 15.4 Å². The van der Waals surface area contributed by atoms with Crippen LogP contribution in [-0.2, 0) is 17.6 Å². The second kappa shape index (κ2) is 5.58. The van der Waals surface area contributed by atoms with E-state index in [1.54, 1.807) is 12.1 Å². The summed E-state index contributed by atoms with van der Waals surface area (Å²) < 4.78 is 0.839. The summed E-state index contributed by atoms with van der Waals surface area (Å²) >= 11 is 9.38. The lowest BCUT2D eigenvalue weighted by Gasteiger charge is -2.12. The van der Waals surface area contributed by atoms with E-state index >= 15 is 0 Å². The average molecular weight is 351 g/mol. The van der Waals surface area contributed by atoms with Crippen LogP contribution in [-0.4, -0.2) is 5.91 Å². The molecule has 3 rings (SSSR count). The minimum absolute atomic E-state index is 0.00159. The highest BCUT2D eigenvalue weighted by Crippen LogP contribution is 2.30. The van der Waals surface area contributed by atoms with Crippen molar-refractivity contribution in [3.63, 3.8) is 0 Å². The van der Waals surface area contributed by atoms with Gasteiger partial charge in [0.05, 0.1) is 5.69 Å². The fourth-order valence-corrected chi connectivity index (χ4v) is 3.09. The predicted molar refractivity (Wildman–Crippen MR) is 85.1 cm³/mol. The van der Waals surface area contributed by atoms with E-state index < -0.39 is 0 Å². The molecule has 102 valence electrons. The molecule has 1 amide bonds.